The second-order valence-corrected chi connectivity index (χ2v) is 8.13. The zero-order chi connectivity index (χ0) is 21.5. The minimum atomic E-state index is -0.518. The molecule has 3 aromatic rings. The van der Waals surface area contributed by atoms with Gasteiger partial charge >= 0.3 is 11.9 Å². The van der Waals surface area contributed by atoms with Crippen molar-refractivity contribution in [1.29, 1.82) is 0 Å². The molecule has 0 bridgehead atoms. The molecule has 9 heteroatoms. The molecule has 1 aliphatic heterocycles. The standard InChI is InChI=1S/C22H24N4O4S/c27-21(20-9-8-18(30-20)16-29-17-5-2-1-3-6-17)23-24-22(28)26-12-10-25(11-13-26)15-19-7-4-14-31-19/h1-9,14H,10-13,15-16H2,(H,23,27)(H,24,28). The molecule has 31 heavy (non-hydrogen) atoms. The first-order valence-corrected chi connectivity index (χ1v) is 10.9. The molecule has 8 nitrogen and oxygen atoms in total. The lowest BCUT2D eigenvalue weighted by Gasteiger charge is -2.34. The molecule has 3 amide bonds. The molecule has 3 heterocycles. The lowest BCUT2D eigenvalue weighted by atomic mass is 10.3. The van der Waals surface area contributed by atoms with Crippen molar-refractivity contribution >= 4 is 23.3 Å². The molecule has 0 atom stereocenters. The van der Waals surface area contributed by atoms with E-state index in [1.807, 2.05) is 36.4 Å². The molecule has 4 rings (SSSR count). The molecular weight excluding hydrogens is 416 g/mol. The fraction of sp³-hybridized carbons (Fsp3) is 0.273. The van der Waals surface area contributed by atoms with Gasteiger partial charge in [0.1, 0.15) is 18.1 Å². The fourth-order valence-electron chi connectivity index (χ4n) is 3.23. The average molecular weight is 441 g/mol. The third-order valence-corrected chi connectivity index (χ3v) is 5.77. The van der Waals surface area contributed by atoms with Crippen LogP contribution in [0.5, 0.6) is 5.75 Å². The number of ether oxygens (including phenoxy) is 1. The second kappa shape index (κ2) is 10.1. The Morgan fingerprint density at radius 2 is 1.77 bits per heavy atom. The number of nitrogens with one attached hydrogen (secondary N) is 2. The summed E-state index contributed by atoms with van der Waals surface area (Å²) in [7, 11) is 0. The Morgan fingerprint density at radius 3 is 2.52 bits per heavy atom. The minimum absolute atomic E-state index is 0.104. The molecule has 0 aliphatic carbocycles. The van der Waals surface area contributed by atoms with Gasteiger partial charge in [-0.2, -0.15) is 0 Å². The van der Waals surface area contributed by atoms with Gasteiger partial charge in [-0.1, -0.05) is 24.3 Å². The first-order chi connectivity index (χ1) is 15.2. The number of amides is 3. The van der Waals surface area contributed by atoms with Crippen LogP contribution >= 0.6 is 11.3 Å². The average Bonchev–Trinajstić information content (AvgIpc) is 3.49. The number of nitrogens with zero attached hydrogens (tertiary/aromatic N) is 2. The molecule has 162 valence electrons. The summed E-state index contributed by atoms with van der Waals surface area (Å²) in [5, 5.41) is 2.07. The normalized spacial score (nSPS) is 14.3. The van der Waals surface area contributed by atoms with Gasteiger partial charge in [0, 0.05) is 37.6 Å². The molecule has 2 aromatic heterocycles. The Hall–Kier alpha value is -3.30. The molecule has 2 N–H and O–H groups in total. The number of rotatable bonds is 6. The lowest BCUT2D eigenvalue weighted by Crippen LogP contribution is -2.54. The number of urea groups is 1. The topological polar surface area (TPSA) is 87.1 Å². The largest absolute Gasteiger partial charge is 0.486 e. The third kappa shape index (κ3) is 5.87. The van der Waals surface area contributed by atoms with Crippen LogP contribution in [0.4, 0.5) is 4.79 Å². The van der Waals surface area contributed by atoms with E-state index in [1.54, 1.807) is 28.4 Å². The number of hydrogen-bond donors (Lipinski definition) is 2. The molecule has 0 spiro atoms. The van der Waals surface area contributed by atoms with Crippen molar-refractivity contribution in [2.24, 2.45) is 0 Å². The molecule has 0 saturated carbocycles. The van der Waals surface area contributed by atoms with Crippen molar-refractivity contribution in [2.75, 3.05) is 26.2 Å². The SMILES string of the molecule is O=C(NNC(=O)N1CCN(Cc2cccs2)CC1)c1ccc(COc2ccccc2)o1. The summed E-state index contributed by atoms with van der Waals surface area (Å²) in [6, 6.07) is 16.4. The Balaban J connectivity index is 1.18. The first kappa shape index (κ1) is 21.0. The van der Waals surface area contributed by atoms with Crippen LogP contribution in [0, 0.1) is 0 Å². The number of para-hydroxylation sites is 1. The minimum Gasteiger partial charge on any atom is -0.486 e. The van der Waals surface area contributed by atoms with Crippen molar-refractivity contribution in [3.63, 3.8) is 0 Å². The van der Waals surface area contributed by atoms with Crippen molar-refractivity contribution in [2.45, 2.75) is 13.2 Å². The number of carbonyl (C=O) groups excluding carboxylic acids is 2. The molecule has 1 aliphatic rings. The zero-order valence-corrected chi connectivity index (χ0v) is 17.8. The van der Waals surface area contributed by atoms with E-state index in [4.69, 9.17) is 9.15 Å². The van der Waals surface area contributed by atoms with Crippen LogP contribution in [0.25, 0.3) is 0 Å². The van der Waals surface area contributed by atoms with Crippen molar-refractivity contribution in [3.8, 4) is 5.75 Å². The number of furan rings is 1. The van der Waals surface area contributed by atoms with Gasteiger partial charge in [-0.05, 0) is 35.7 Å². The third-order valence-electron chi connectivity index (χ3n) is 4.91. The maximum absolute atomic E-state index is 12.4. The summed E-state index contributed by atoms with van der Waals surface area (Å²) in [5.74, 6) is 0.818. The van der Waals surface area contributed by atoms with Crippen LogP contribution in [0.15, 0.2) is 64.4 Å². The monoisotopic (exact) mass is 440 g/mol. The number of hydrogen-bond acceptors (Lipinski definition) is 6. The van der Waals surface area contributed by atoms with E-state index in [0.717, 1.165) is 19.6 Å². The Kier molecular flexibility index (Phi) is 6.85. The molecule has 0 unspecified atom stereocenters. The number of hydrazine groups is 1. The van der Waals surface area contributed by atoms with Gasteiger partial charge < -0.3 is 14.1 Å². The van der Waals surface area contributed by atoms with E-state index in [9.17, 15) is 9.59 Å². The van der Waals surface area contributed by atoms with Crippen molar-refractivity contribution < 1.29 is 18.7 Å². The summed E-state index contributed by atoms with van der Waals surface area (Å²) in [5.41, 5.74) is 4.86. The van der Waals surface area contributed by atoms with Gasteiger partial charge in [0.05, 0.1) is 0 Å². The van der Waals surface area contributed by atoms with E-state index in [0.29, 0.717) is 24.6 Å². The predicted molar refractivity (Wildman–Crippen MR) is 117 cm³/mol. The van der Waals surface area contributed by atoms with Crippen LogP contribution < -0.4 is 15.6 Å². The summed E-state index contributed by atoms with van der Waals surface area (Å²) in [6.45, 7) is 3.91. The van der Waals surface area contributed by atoms with Gasteiger partial charge in [0.2, 0.25) is 0 Å². The highest BCUT2D eigenvalue weighted by atomic mass is 32.1. The predicted octanol–water partition coefficient (Wildman–Crippen LogP) is 3.09. The van der Waals surface area contributed by atoms with E-state index < -0.39 is 5.91 Å². The summed E-state index contributed by atoms with van der Waals surface area (Å²) >= 11 is 1.74. The number of carbonyl (C=O) groups is 2. The van der Waals surface area contributed by atoms with E-state index in [2.05, 4.69) is 27.2 Å². The smallest absolute Gasteiger partial charge is 0.336 e. The van der Waals surface area contributed by atoms with Gasteiger partial charge in [-0.25, -0.2) is 10.2 Å². The van der Waals surface area contributed by atoms with E-state index in [1.165, 1.54) is 4.88 Å². The Bertz CT molecular complexity index is 982. The molecular formula is C22H24N4O4S. The summed E-state index contributed by atoms with van der Waals surface area (Å²) < 4.78 is 11.1. The lowest BCUT2D eigenvalue weighted by molar-refractivity contribution is 0.0888. The van der Waals surface area contributed by atoms with Crippen molar-refractivity contribution in [3.05, 3.63) is 76.4 Å². The maximum atomic E-state index is 12.4. The number of piperazine rings is 1. The van der Waals surface area contributed by atoms with Crippen LogP contribution in [0.1, 0.15) is 21.2 Å². The van der Waals surface area contributed by atoms with E-state index >= 15 is 0 Å². The highest BCUT2D eigenvalue weighted by Crippen LogP contribution is 2.15. The Morgan fingerprint density at radius 1 is 0.968 bits per heavy atom. The molecule has 1 aromatic carbocycles. The van der Waals surface area contributed by atoms with Gasteiger partial charge in [-0.3, -0.25) is 15.1 Å². The highest BCUT2D eigenvalue weighted by molar-refractivity contribution is 7.09. The zero-order valence-electron chi connectivity index (χ0n) is 17.0. The van der Waals surface area contributed by atoms with Gasteiger partial charge in [-0.15, -0.1) is 11.3 Å². The molecule has 1 fully saturated rings. The first-order valence-electron chi connectivity index (χ1n) is 10.0. The summed E-state index contributed by atoms with van der Waals surface area (Å²) in [6.07, 6.45) is 0. The van der Waals surface area contributed by atoms with Gasteiger partial charge in [0.25, 0.3) is 0 Å². The van der Waals surface area contributed by atoms with Crippen LogP contribution in [0.3, 0.4) is 0 Å². The van der Waals surface area contributed by atoms with Crippen LogP contribution in [-0.2, 0) is 13.2 Å². The molecule has 1 saturated heterocycles. The van der Waals surface area contributed by atoms with Crippen LogP contribution in [-0.4, -0.2) is 47.9 Å². The maximum Gasteiger partial charge on any atom is 0.336 e. The Labute approximate surface area is 184 Å². The van der Waals surface area contributed by atoms with E-state index in [-0.39, 0.29) is 18.4 Å². The number of benzene rings is 1. The summed E-state index contributed by atoms with van der Waals surface area (Å²) in [4.78, 5) is 29.9. The fourth-order valence-corrected chi connectivity index (χ4v) is 3.98. The van der Waals surface area contributed by atoms with Crippen molar-refractivity contribution in [1.82, 2.24) is 20.7 Å². The molecule has 0 radical (unpaired) electrons. The number of thiophene rings is 1. The highest BCUT2D eigenvalue weighted by Gasteiger charge is 2.22. The van der Waals surface area contributed by atoms with Gasteiger partial charge in [0.15, 0.2) is 5.76 Å². The second-order valence-electron chi connectivity index (χ2n) is 7.09. The quantitative estimate of drug-likeness (QED) is 0.575. The van der Waals surface area contributed by atoms with Crippen LogP contribution in [0.2, 0.25) is 0 Å².